The van der Waals surface area contributed by atoms with Crippen LogP contribution < -0.4 is 0 Å². The van der Waals surface area contributed by atoms with Crippen molar-refractivity contribution in [2.75, 3.05) is 6.26 Å². The first-order chi connectivity index (χ1) is 11.8. The molecule has 2 heterocycles. The molecule has 3 rings (SSSR count). The molecule has 4 unspecified atom stereocenters. The Morgan fingerprint density at radius 1 is 1.16 bits per heavy atom. The molecule has 0 saturated heterocycles. The lowest BCUT2D eigenvalue weighted by Gasteiger charge is -2.20. The number of nitrogens with zero attached hydrogens (tertiary/aromatic N) is 2. The van der Waals surface area contributed by atoms with Crippen molar-refractivity contribution in [3.8, 4) is 0 Å². The van der Waals surface area contributed by atoms with Gasteiger partial charge in [-0.3, -0.25) is 4.98 Å². The maximum atomic E-state index is 12.8. The quantitative estimate of drug-likeness (QED) is 0.554. The van der Waals surface area contributed by atoms with Gasteiger partial charge in [-0.05, 0) is 42.5 Å². The fourth-order valence-electron chi connectivity index (χ4n) is 2.28. The minimum absolute atomic E-state index is 0.167. The van der Waals surface area contributed by atoms with Crippen LogP contribution >= 0.6 is 23.4 Å². The van der Waals surface area contributed by atoms with Crippen molar-refractivity contribution >= 4 is 43.9 Å². The minimum Gasteiger partial charge on any atom is -0.623 e. The predicted molar refractivity (Wildman–Crippen MR) is 103 cm³/mol. The van der Waals surface area contributed by atoms with Gasteiger partial charge in [-0.15, -0.1) is 0 Å². The van der Waals surface area contributed by atoms with Crippen LogP contribution in [0.1, 0.15) is 10.9 Å². The van der Waals surface area contributed by atoms with E-state index in [4.69, 9.17) is 11.6 Å². The zero-order valence-corrected chi connectivity index (χ0v) is 16.4. The van der Waals surface area contributed by atoms with Crippen molar-refractivity contribution in [1.29, 1.82) is 0 Å². The molecule has 2 aromatic rings. The molecule has 1 aliphatic rings. The number of benzene rings is 1. The molecule has 1 aliphatic heterocycles. The highest BCUT2D eigenvalue weighted by atomic mass is 35.5. The van der Waals surface area contributed by atoms with Crippen LogP contribution in [-0.2, 0) is 24.7 Å². The van der Waals surface area contributed by atoms with Gasteiger partial charge in [0.2, 0.25) is 15.0 Å². The summed E-state index contributed by atoms with van der Waals surface area (Å²) in [6.07, 6.45) is 6.33. The fourth-order valence-corrected chi connectivity index (χ4v) is 7.77. The second-order valence-electron chi connectivity index (χ2n) is 5.41. The van der Waals surface area contributed by atoms with E-state index in [1.807, 2.05) is 12.1 Å². The molecule has 132 valence electrons. The van der Waals surface area contributed by atoms with E-state index in [1.165, 1.54) is 30.2 Å². The zero-order valence-electron chi connectivity index (χ0n) is 13.2. The SMILES string of the molecule is C[S+]([O-])(=N[S+](=O)([O-])C1C=CC(c2ccccn2)S1)c1ccc(Cl)cc1. The maximum absolute atomic E-state index is 12.8. The van der Waals surface area contributed by atoms with Gasteiger partial charge in [-0.2, -0.15) is 0 Å². The van der Waals surface area contributed by atoms with E-state index < -0.39 is 25.1 Å². The summed E-state index contributed by atoms with van der Waals surface area (Å²) in [6.45, 7) is 0. The standard InChI is InChI=1S/C16H15ClN2O3S3/c1-24(20,13-7-5-12(17)6-8-13)19-25(21,22)16-10-9-15(23-16)14-4-2-3-11-18-14/h2-11,15-16H,1H3. The molecule has 5 nitrogen and oxygen atoms in total. The van der Waals surface area contributed by atoms with Crippen molar-refractivity contribution in [1.82, 2.24) is 4.98 Å². The van der Waals surface area contributed by atoms with E-state index in [0.717, 1.165) is 5.69 Å². The Morgan fingerprint density at radius 3 is 2.52 bits per heavy atom. The van der Waals surface area contributed by atoms with Crippen molar-refractivity contribution in [2.24, 2.45) is 3.77 Å². The summed E-state index contributed by atoms with van der Waals surface area (Å²) < 4.78 is 40.8. The Bertz CT molecular complexity index is 881. The topological polar surface area (TPSA) is 88.4 Å². The molecule has 0 amide bonds. The lowest BCUT2D eigenvalue weighted by Crippen LogP contribution is -2.23. The molecule has 9 heteroatoms. The van der Waals surface area contributed by atoms with Crippen LogP contribution in [0.5, 0.6) is 0 Å². The lowest BCUT2D eigenvalue weighted by molar-refractivity contribution is 0.480. The van der Waals surface area contributed by atoms with Crippen LogP contribution in [0.3, 0.4) is 0 Å². The molecule has 0 aliphatic carbocycles. The van der Waals surface area contributed by atoms with Crippen LogP contribution in [0, 0.1) is 0 Å². The highest BCUT2D eigenvalue weighted by Gasteiger charge is 2.39. The normalized spacial score (nSPS) is 24.5. The number of rotatable bonds is 4. The summed E-state index contributed by atoms with van der Waals surface area (Å²) in [5.41, 5.74) is 0.774. The van der Waals surface area contributed by atoms with E-state index in [0.29, 0.717) is 9.92 Å². The Kier molecular flexibility index (Phi) is 5.48. The summed E-state index contributed by atoms with van der Waals surface area (Å²) in [5, 5.41) is 0.314. The number of hydrogen-bond donors (Lipinski definition) is 0. The van der Waals surface area contributed by atoms with Gasteiger partial charge in [0.05, 0.1) is 21.0 Å². The smallest absolute Gasteiger partial charge is 0.232 e. The summed E-state index contributed by atoms with van der Waals surface area (Å²) in [6, 6.07) is 11.7. The number of thioether (sulfide) groups is 1. The number of aromatic nitrogens is 1. The molecule has 0 spiro atoms. The zero-order chi connectivity index (χ0) is 18.1. The molecule has 0 N–H and O–H groups in total. The monoisotopic (exact) mass is 414 g/mol. The molecule has 0 radical (unpaired) electrons. The third-order valence-corrected chi connectivity index (χ3v) is 9.79. The average Bonchev–Trinajstić information content (AvgIpc) is 3.06. The van der Waals surface area contributed by atoms with E-state index in [9.17, 15) is 13.3 Å². The first kappa shape index (κ1) is 18.8. The lowest BCUT2D eigenvalue weighted by atomic mass is 10.2. The van der Waals surface area contributed by atoms with Gasteiger partial charge in [-0.25, -0.2) is 0 Å². The second-order valence-corrected chi connectivity index (χ2v) is 11.6. The van der Waals surface area contributed by atoms with Gasteiger partial charge in [-0.1, -0.05) is 39.7 Å². The van der Waals surface area contributed by atoms with E-state index in [-0.39, 0.29) is 5.25 Å². The van der Waals surface area contributed by atoms with Gasteiger partial charge >= 0.3 is 0 Å². The van der Waals surface area contributed by atoms with E-state index in [1.54, 1.807) is 36.5 Å². The maximum Gasteiger partial charge on any atom is 0.232 e. The van der Waals surface area contributed by atoms with Crippen molar-refractivity contribution in [2.45, 2.75) is 14.7 Å². The molecule has 0 fully saturated rings. The van der Waals surface area contributed by atoms with Crippen LogP contribution in [0.15, 0.2) is 69.5 Å². The van der Waals surface area contributed by atoms with Crippen LogP contribution in [0.25, 0.3) is 0 Å². The highest BCUT2D eigenvalue weighted by molar-refractivity contribution is 8.19. The molecule has 4 atom stereocenters. The van der Waals surface area contributed by atoms with Crippen LogP contribution in [0.2, 0.25) is 5.02 Å². The molecule has 25 heavy (non-hydrogen) atoms. The molecule has 1 aromatic carbocycles. The Balaban J connectivity index is 1.83. The second kappa shape index (κ2) is 7.30. The summed E-state index contributed by atoms with van der Waals surface area (Å²) in [4.78, 5) is 4.57. The van der Waals surface area contributed by atoms with Gasteiger partial charge < -0.3 is 9.11 Å². The van der Waals surface area contributed by atoms with Gasteiger partial charge in [0, 0.05) is 21.3 Å². The van der Waals surface area contributed by atoms with E-state index >= 15 is 0 Å². The molecular formula is C16H15ClN2O3S3. The number of sulfonamides is 1. The third-order valence-electron chi connectivity index (χ3n) is 3.49. The largest absolute Gasteiger partial charge is 0.623 e. The van der Waals surface area contributed by atoms with Crippen molar-refractivity contribution < 1.29 is 13.3 Å². The summed E-state index contributed by atoms with van der Waals surface area (Å²) in [5.74, 6) is 0. The number of halogens is 1. The Labute approximate surface area is 158 Å². The minimum atomic E-state index is -3.95. The van der Waals surface area contributed by atoms with Crippen LogP contribution in [0.4, 0.5) is 0 Å². The first-order valence-electron chi connectivity index (χ1n) is 7.25. The highest BCUT2D eigenvalue weighted by Crippen LogP contribution is 2.43. The summed E-state index contributed by atoms with van der Waals surface area (Å²) in [7, 11) is -7.04. The molecule has 0 bridgehead atoms. The van der Waals surface area contributed by atoms with Crippen LogP contribution in [-0.4, -0.2) is 24.9 Å². The molecular weight excluding hydrogens is 400 g/mol. The average molecular weight is 415 g/mol. The predicted octanol–water partition coefficient (Wildman–Crippen LogP) is 4.11. The third kappa shape index (κ3) is 4.39. The molecule has 0 saturated carbocycles. The first-order valence-corrected chi connectivity index (χ1v) is 12.0. The van der Waals surface area contributed by atoms with Crippen molar-refractivity contribution in [3.05, 3.63) is 71.5 Å². The Hall–Kier alpha value is -1.03. The summed E-state index contributed by atoms with van der Waals surface area (Å²) >= 11 is 7.02. The van der Waals surface area contributed by atoms with Crippen molar-refractivity contribution in [3.63, 3.8) is 0 Å². The van der Waals surface area contributed by atoms with Gasteiger partial charge in [0.15, 0.2) is 0 Å². The van der Waals surface area contributed by atoms with E-state index in [2.05, 4.69) is 8.75 Å². The molecule has 1 aromatic heterocycles. The number of hydrogen-bond acceptors (Lipinski definition) is 5. The fraction of sp³-hybridized carbons (Fsp3) is 0.188. The van der Waals surface area contributed by atoms with Gasteiger partial charge in [0.25, 0.3) is 0 Å². The number of pyridine rings is 1. The Morgan fingerprint density at radius 2 is 1.88 bits per heavy atom. The van der Waals surface area contributed by atoms with Gasteiger partial charge in [0.1, 0.15) is 4.90 Å².